The summed E-state index contributed by atoms with van der Waals surface area (Å²) in [7, 11) is 0. The Kier molecular flexibility index (Phi) is 5.31. The number of hydrogen-bond acceptors (Lipinski definition) is 2. The van der Waals surface area contributed by atoms with Crippen LogP contribution in [0.5, 0.6) is 0 Å². The minimum absolute atomic E-state index is 0.259. The Morgan fingerprint density at radius 1 is 1.16 bits per heavy atom. The highest BCUT2D eigenvalue weighted by Crippen LogP contribution is 2.23. The number of hydrazine groups is 1. The molecule has 2 nitrogen and oxygen atoms in total. The van der Waals surface area contributed by atoms with Gasteiger partial charge in [0, 0.05) is 0 Å². The van der Waals surface area contributed by atoms with Gasteiger partial charge < -0.3 is 0 Å². The van der Waals surface area contributed by atoms with Gasteiger partial charge in [-0.05, 0) is 62.6 Å². The predicted molar refractivity (Wildman–Crippen MR) is 80.0 cm³/mol. The second-order valence-corrected chi connectivity index (χ2v) is 5.29. The van der Waals surface area contributed by atoms with Gasteiger partial charge in [0.1, 0.15) is 5.82 Å². The molecule has 0 spiro atoms. The molecule has 3 heteroatoms. The van der Waals surface area contributed by atoms with E-state index in [2.05, 4.69) is 26.8 Å². The van der Waals surface area contributed by atoms with Gasteiger partial charge in [-0.1, -0.05) is 19.4 Å². The number of nitrogens with two attached hydrogens (primary N) is 1. The molecule has 2 N–H and O–H groups in total. The predicted octanol–water partition coefficient (Wildman–Crippen LogP) is 4.40. The summed E-state index contributed by atoms with van der Waals surface area (Å²) in [6.07, 6.45) is 2.05. The first kappa shape index (κ1) is 15.4. The highest BCUT2D eigenvalue weighted by Gasteiger charge is 2.11. The van der Waals surface area contributed by atoms with Gasteiger partial charge >= 0.3 is 0 Å². The summed E-state index contributed by atoms with van der Waals surface area (Å²) in [6, 6.07) is 6.20. The Morgan fingerprint density at radius 2 is 1.68 bits per heavy atom. The quantitative estimate of drug-likeness (QED) is 0.495. The molecule has 0 aromatic heterocycles. The largest absolute Gasteiger partial charge is 0.280 e. The monoisotopic (exact) mass is 262 g/mol. The second kappa shape index (κ2) is 6.53. The molecule has 0 aliphatic carbocycles. The summed E-state index contributed by atoms with van der Waals surface area (Å²) in [4.78, 5) is 0. The average Bonchev–Trinajstić information content (AvgIpc) is 2.35. The highest BCUT2D eigenvalue weighted by atomic mass is 19.1. The van der Waals surface area contributed by atoms with Crippen molar-refractivity contribution in [3.05, 3.63) is 53.0 Å². The first-order valence-electron chi connectivity index (χ1n) is 6.49. The van der Waals surface area contributed by atoms with Crippen LogP contribution in [0.15, 0.2) is 47.2 Å². The molecule has 1 aromatic rings. The third-order valence-corrected chi connectivity index (χ3v) is 3.06. The number of benzene rings is 1. The number of rotatable bonds is 4. The fourth-order valence-electron chi connectivity index (χ4n) is 1.68. The Balaban J connectivity index is 3.22. The molecule has 0 atom stereocenters. The van der Waals surface area contributed by atoms with Crippen LogP contribution < -0.4 is 10.9 Å². The lowest BCUT2D eigenvalue weighted by Crippen LogP contribution is -2.30. The van der Waals surface area contributed by atoms with Crippen molar-refractivity contribution < 1.29 is 4.39 Å². The lowest BCUT2D eigenvalue weighted by molar-refractivity contribution is 0.627. The van der Waals surface area contributed by atoms with Crippen molar-refractivity contribution in [1.82, 2.24) is 0 Å². The van der Waals surface area contributed by atoms with Gasteiger partial charge in [-0.3, -0.25) is 5.01 Å². The van der Waals surface area contributed by atoms with Gasteiger partial charge in [0.15, 0.2) is 0 Å². The van der Waals surface area contributed by atoms with Crippen LogP contribution in [-0.4, -0.2) is 0 Å². The van der Waals surface area contributed by atoms with E-state index in [1.807, 2.05) is 13.8 Å². The van der Waals surface area contributed by atoms with Crippen LogP contribution in [-0.2, 0) is 0 Å². The zero-order valence-electron chi connectivity index (χ0n) is 12.4. The maximum Gasteiger partial charge on any atom is 0.123 e. The number of anilines is 1. The Hall–Kier alpha value is -1.61. The standard InChI is InChI=1S/C16H23FN2/c1-11(2)10-16(13(5)12(3)4)19(18)15-8-6-14(17)7-9-15/h6-10,12H,18H2,1-5H3. The Labute approximate surface area is 115 Å². The highest BCUT2D eigenvalue weighted by molar-refractivity contribution is 5.54. The van der Waals surface area contributed by atoms with Crippen molar-refractivity contribution in [3.63, 3.8) is 0 Å². The molecule has 104 valence electrons. The topological polar surface area (TPSA) is 29.3 Å². The van der Waals surface area contributed by atoms with E-state index in [0.29, 0.717) is 5.92 Å². The number of hydrogen-bond donors (Lipinski definition) is 1. The maximum atomic E-state index is 13.0. The maximum absolute atomic E-state index is 13.0. The first-order valence-corrected chi connectivity index (χ1v) is 6.49. The van der Waals surface area contributed by atoms with E-state index in [1.165, 1.54) is 23.3 Å². The minimum Gasteiger partial charge on any atom is -0.280 e. The average molecular weight is 262 g/mol. The number of allylic oxidation sites excluding steroid dienone is 3. The molecule has 0 saturated carbocycles. The molecule has 0 radical (unpaired) electrons. The molecule has 0 heterocycles. The van der Waals surface area contributed by atoms with Crippen molar-refractivity contribution >= 4 is 5.69 Å². The first-order chi connectivity index (χ1) is 8.82. The van der Waals surface area contributed by atoms with Crippen molar-refractivity contribution in [2.24, 2.45) is 11.8 Å². The minimum atomic E-state index is -0.259. The van der Waals surface area contributed by atoms with Crippen molar-refractivity contribution in [1.29, 1.82) is 0 Å². The summed E-state index contributed by atoms with van der Waals surface area (Å²) in [6.45, 7) is 10.4. The van der Waals surface area contributed by atoms with Crippen LogP contribution in [0, 0.1) is 11.7 Å². The van der Waals surface area contributed by atoms with Gasteiger partial charge in [-0.25, -0.2) is 10.2 Å². The fraction of sp³-hybridized carbons (Fsp3) is 0.375. The molecule has 0 aliphatic rings. The summed E-state index contributed by atoms with van der Waals surface area (Å²) >= 11 is 0. The lowest BCUT2D eigenvalue weighted by Gasteiger charge is -2.24. The van der Waals surface area contributed by atoms with E-state index < -0.39 is 0 Å². The van der Waals surface area contributed by atoms with E-state index in [9.17, 15) is 4.39 Å². The molecule has 1 rings (SSSR count). The zero-order chi connectivity index (χ0) is 14.6. The summed E-state index contributed by atoms with van der Waals surface area (Å²) in [5, 5.41) is 1.61. The van der Waals surface area contributed by atoms with E-state index in [0.717, 1.165) is 11.4 Å². The summed E-state index contributed by atoms with van der Waals surface area (Å²) < 4.78 is 13.0. The second-order valence-electron chi connectivity index (χ2n) is 5.29. The molecule has 0 saturated heterocycles. The van der Waals surface area contributed by atoms with Crippen molar-refractivity contribution in [3.8, 4) is 0 Å². The van der Waals surface area contributed by atoms with Crippen LogP contribution in [0.3, 0.4) is 0 Å². The Morgan fingerprint density at radius 3 is 2.11 bits per heavy atom. The fourth-order valence-corrected chi connectivity index (χ4v) is 1.68. The molecule has 0 aliphatic heterocycles. The molecule has 19 heavy (non-hydrogen) atoms. The van der Waals surface area contributed by atoms with Gasteiger partial charge in [0.05, 0.1) is 11.4 Å². The third kappa shape index (κ3) is 4.21. The van der Waals surface area contributed by atoms with Crippen LogP contribution in [0.4, 0.5) is 10.1 Å². The molecular formula is C16H23FN2. The Bertz CT molecular complexity index is 480. The van der Waals surface area contributed by atoms with E-state index in [4.69, 9.17) is 5.84 Å². The van der Waals surface area contributed by atoms with Crippen molar-refractivity contribution in [2.45, 2.75) is 34.6 Å². The van der Waals surface area contributed by atoms with Crippen molar-refractivity contribution in [2.75, 3.05) is 5.01 Å². The van der Waals surface area contributed by atoms with Gasteiger partial charge in [-0.2, -0.15) is 0 Å². The van der Waals surface area contributed by atoms with E-state index in [-0.39, 0.29) is 5.82 Å². The summed E-state index contributed by atoms with van der Waals surface area (Å²) in [5.41, 5.74) is 4.11. The molecular weight excluding hydrogens is 239 g/mol. The number of halogens is 1. The van der Waals surface area contributed by atoms with Crippen LogP contribution in [0.2, 0.25) is 0 Å². The van der Waals surface area contributed by atoms with Gasteiger partial charge in [-0.15, -0.1) is 0 Å². The lowest BCUT2D eigenvalue weighted by atomic mass is 10.0. The molecule has 0 unspecified atom stereocenters. The third-order valence-electron chi connectivity index (χ3n) is 3.06. The van der Waals surface area contributed by atoms with Crippen LogP contribution >= 0.6 is 0 Å². The SMILES string of the molecule is CC(C)=CC(=C(C)C(C)C)N(N)c1ccc(F)cc1. The zero-order valence-corrected chi connectivity index (χ0v) is 12.4. The molecule has 0 amide bonds. The van der Waals surface area contributed by atoms with E-state index in [1.54, 1.807) is 17.1 Å². The molecule has 0 fully saturated rings. The normalized spacial score (nSPS) is 12.2. The van der Waals surface area contributed by atoms with Gasteiger partial charge in [0.2, 0.25) is 0 Å². The molecule has 0 bridgehead atoms. The smallest absolute Gasteiger partial charge is 0.123 e. The summed E-state index contributed by atoms with van der Waals surface area (Å²) in [5.74, 6) is 6.33. The van der Waals surface area contributed by atoms with Crippen LogP contribution in [0.25, 0.3) is 0 Å². The molecule has 1 aromatic carbocycles. The van der Waals surface area contributed by atoms with Gasteiger partial charge in [0.25, 0.3) is 0 Å². The number of nitrogens with zero attached hydrogens (tertiary/aromatic N) is 1. The van der Waals surface area contributed by atoms with E-state index >= 15 is 0 Å². The van der Waals surface area contributed by atoms with Crippen LogP contribution in [0.1, 0.15) is 34.6 Å².